The van der Waals surface area contributed by atoms with E-state index in [0.717, 1.165) is 11.3 Å². The Hall–Kier alpha value is -3.33. The molecule has 152 valence electrons. The highest BCUT2D eigenvalue weighted by Gasteiger charge is 2.43. The van der Waals surface area contributed by atoms with Gasteiger partial charge in [-0.2, -0.15) is 5.10 Å². The predicted octanol–water partition coefficient (Wildman–Crippen LogP) is 2.88. The number of fused-ring (bicyclic) bond motifs is 1. The molecule has 0 bridgehead atoms. The van der Waals surface area contributed by atoms with Crippen LogP contribution in [0.4, 0.5) is 11.5 Å². The molecular formula is C22H21N5O3. The van der Waals surface area contributed by atoms with Gasteiger partial charge in [-0.25, -0.2) is 14.6 Å². The number of aromatic nitrogens is 4. The maximum atomic E-state index is 10.5. The molecule has 30 heavy (non-hydrogen) atoms. The lowest BCUT2D eigenvalue weighted by molar-refractivity contribution is -0.0370. The normalized spacial score (nSPS) is 23.7. The van der Waals surface area contributed by atoms with E-state index in [1.165, 1.54) is 11.0 Å². The molecule has 3 heterocycles. The van der Waals surface area contributed by atoms with Crippen LogP contribution in [0.5, 0.6) is 0 Å². The maximum absolute atomic E-state index is 10.5. The summed E-state index contributed by atoms with van der Waals surface area (Å²) in [5, 5.41) is 29.5. The van der Waals surface area contributed by atoms with E-state index < -0.39 is 24.5 Å². The van der Waals surface area contributed by atoms with Crippen LogP contribution in [0, 0.1) is 0 Å². The van der Waals surface area contributed by atoms with Crippen LogP contribution in [0.2, 0.25) is 0 Å². The predicted molar refractivity (Wildman–Crippen MR) is 112 cm³/mol. The smallest absolute Gasteiger partial charge is 0.181 e. The number of rotatable bonds is 4. The SMILES string of the molecule is C[C@H]1O[C@@H](n2nc(-c3ccccc3)c3c(Nc4ccccc4)ncnc32)[C@@H](O)[C@H]1O. The number of hydrogen-bond donors (Lipinski definition) is 3. The molecule has 3 N–H and O–H groups in total. The Morgan fingerprint density at radius 1 is 0.933 bits per heavy atom. The van der Waals surface area contributed by atoms with Crippen molar-refractivity contribution in [2.45, 2.75) is 31.5 Å². The molecule has 1 fully saturated rings. The molecule has 0 unspecified atom stereocenters. The van der Waals surface area contributed by atoms with Gasteiger partial charge in [0.1, 0.15) is 30.0 Å². The highest BCUT2D eigenvalue weighted by Crippen LogP contribution is 2.37. The van der Waals surface area contributed by atoms with E-state index in [1.807, 2.05) is 60.7 Å². The van der Waals surface area contributed by atoms with Gasteiger partial charge in [-0.15, -0.1) is 0 Å². The molecule has 8 nitrogen and oxygen atoms in total. The van der Waals surface area contributed by atoms with Crippen molar-refractivity contribution in [3.05, 3.63) is 67.0 Å². The fourth-order valence-electron chi connectivity index (χ4n) is 3.73. The van der Waals surface area contributed by atoms with Crippen molar-refractivity contribution in [3.63, 3.8) is 0 Å². The Morgan fingerprint density at radius 2 is 1.63 bits per heavy atom. The lowest BCUT2D eigenvalue weighted by Gasteiger charge is -2.15. The van der Waals surface area contributed by atoms with E-state index in [-0.39, 0.29) is 0 Å². The molecule has 5 rings (SSSR count). The topological polar surface area (TPSA) is 105 Å². The molecule has 4 atom stereocenters. The van der Waals surface area contributed by atoms with Crippen LogP contribution in [-0.2, 0) is 4.74 Å². The third-order valence-electron chi connectivity index (χ3n) is 5.29. The van der Waals surface area contributed by atoms with Crippen molar-refractivity contribution in [1.29, 1.82) is 0 Å². The van der Waals surface area contributed by atoms with E-state index in [9.17, 15) is 10.2 Å². The minimum Gasteiger partial charge on any atom is -0.388 e. The largest absolute Gasteiger partial charge is 0.388 e. The molecule has 1 aliphatic rings. The molecule has 2 aromatic carbocycles. The molecule has 8 heteroatoms. The second-order valence-corrected chi connectivity index (χ2v) is 7.28. The maximum Gasteiger partial charge on any atom is 0.181 e. The summed E-state index contributed by atoms with van der Waals surface area (Å²) in [6, 6.07) is 19.4. The first-order valence-electron chi connectivity index (χ1n) is 9.76. The summed E-state index contributed by atoms with van der Waals surface area (Å²) in [6.45, 7) is 1.72. The van der Waals surface area contributed by atoms with Gasteiger partial charge in [0.2, 0.25) is 0 Å². The number of hydrogen-bond acceptors (Lipinski definition) is 7. The van der Waals surface area contributed by atoms with Gasteiger partial charge in [-0.3, -0.25) is 0 Å². The summed E-state index contributed by atoms with van der Waals surface area (Å²) in [6.07, 6.45) is -2.05. The molecule has 0 saturated carbocycles. The first-order valence-corrected chi connectivity index (χ1v) is 9.76. The molecular weight excluding hydrogens is 382 g/mol. The average Bonchev–Trinajstić information content (AvgIpc) is 3.29. The number of aliphatic hydroxyl groups is 2. The third kappa shape index (κ3) is 3.11. The van der Waals surface area contributed by atoms with Gasteiger partial charge in [0.05, 0.1) is 11.5 Å². The number of anilines is 2. The fourth-order valence-corrected chi connectivity index (χ4v) is 3.73. The monoisotopic (exact) mass is 403 g/mol. The van der Waals surface area contributed by atoms with Gasteiger partial charge in [0.15, 0.2) is 11.9 Å². The van der Waals surface area contributed by atoms with E-state index in [2.05, 4.69) is 15.3 Å². The summed E-state index contributed by atoms with van der Waals surface area (Å²) in [5.74, 6) is 0.595. The van der Waals surface area contributed by atoms with Crippen LogP contribution in [0.1, 0.15) is 13.2 Å². The number of aliphatic hydroxyl groups excluding tert-OH is 2. The van der Waals surface area contributed by atoms with Gasteiger partial charge >= 0.3 is 0 Å². The lowest BCUT2D eigenvalue weighted by Crippen LogP contribution is -2.30. The zero-order valence-electron chi connectivity index (χ0n) is 16.3. The Labute approximate surface area is 172 Å². The zero-order chi connectivity index (χ0) is 20.7. The summed E-state index contributed by atoms with van der Waals surface area (Å²) < 4.78 is 7.34. The first kappa shape index (κ1) is 18.7. The van der Waals surface area contributed by atoms with E-state index in [4.69, 9.17) is 9.84 Å². The third-order valence-corrected chi connectivity index (χ3v) is 5.29. The summed E-state index contributed by atoms with van der Waals surface area (Å²) >= 11 is 0. The van der Waals surface area contributed by atoms with Gasteiger partial charge in [0.25, 0.3) is 0 Å². The van der Waals surface area contributed by atoms with Crippen molar-refractivity contribution in [3.8, 4) is 11.3 Å². The van der Waals surface area contributed by atoms with Crippen LogP contribution in [0.25, 0.3) is 22.3 Å². The summed E-state index contributed by atoms with van der Waals surface area (Å²) in [5.41, 5.74) is 2.93. The molecule has 0 spiro atoms. The molecule has 1 aliphatic heterocycles. The minimum atomic E-state index is -1.12. The highest BCUT2D eigenvalue weighted by molar-refractivity contribution is 6.00. The molecule has 2 aromatic heterocycles. The van der Waals surface area contributed by atoms with Crippen molar-refractivity contribution in [1.82, 2.24) is 19.7 Å². The lowest BCUT2D eigenvalue weighted by atomic mass is 10.1. The number of para-hydroxylation sites is 1. The van der Waals surface area contributed by atoms with Crippen molar-refractivity contribution in [2.24, 2.45) is 0 Å². The van der Waals surface area contributed by atoms with E-state index in [0.29, 0.717) is 22.5 Å². The number of ether oxygens (including phenoxy) is 1. The molecule has 0 aliphatic carbocycles. The summed E-state index contributed by atoms with van der Waals surface area (Å²) in [7, 11) is 0. The van der Waals surface area contributed by atoms with E-state index in [1.54, 1.807) is 6.92 Å². The Morgan fingerprint density at radius 3 is 2.30 bits per heavy atom. The Bertz CT molecular complexity index is 1170. The fraction of sp³-hybridized carbons (Fsp3) is 0.227. The van der Waals surface area contributed by atoms with Crippen LogP contribution in [0.15, 0.2) is 67.0 Å². The molecule has 0 amide bonds. The van der Waals surface area contributed by atoms with Crippen LogP contribution >= 0.6 is 0 Å². The van der Waals surface area contributed by atoms with Crippen LogP contribution in [0.3, 0.4) is 0 Å². The zero-order valence-corrected chi connectivity index (χ0v) is 16.3. The van der Waals surface area contributed by atoms with Gasteiger partial charge in [-0.05, 0) is 19.1 Å². The quantitative estimate of drug-likeness (QED) is 0.481. The van der Waals surface area contributed by atoms with Gasteiger partial charge < -0.3 is 20.3 Å². The Balaban J connectivity index is 1.70. The van der Waals surface area contributed by atoms with Crippen molar-refractivity contribution >= 4 is 22.5 Å². The molecule has 1 saturated heterocycles. The standard InChI is InChI=1S/C22H21N5O3/c1-13-18(28)19(29)22(30-13)27-21-16(17(26-27)14-8-4-2-5-9-14)20(23-12-24-21)25-15-10-6-3-7-11-15/h2-13,18-19,22,28-29H,1H3,(H,23,24,25)/t13-,18+,19+,22-/m1/s1. The van der Waals surface area contributed by atoms with E-state index >= 15 is 0 Å². The number of nitrogens with zero attached hydrogens (tertiary/aromatic N) is 4. The van der Waals surface area contributed by atoms with Gasteiger partial charge in [0, 0.05) is 11.3 Å². The summed E-state index contributed by atoms with van der Waals surface area (Å²) in [4.78, 5) is 8.88. The van der Waals surface area contributed by atoms with Crippen molar-refractivity contribution in [2.75, 3.05) is 5.32 Å². The average molecular weight is 403 g/mol. The number of benzene rings is 2. The first-order chi connectivity index (χ1) is 14.6. The Kier molecular flexibility index (Phi) is 4.66. The van der Waals surface area contributed by atoms with Crippen LogP contribution in [-0.4, -0.2) is 48.3 Å². The molecule has 4 aromatic rings. The van der Waals surface area contributed by atoms with Gasteiger partial charge in [-0.1, -0.05) is 48.5 Å². The van der Waals surface area contributed by atoms with Crippen molar-refractivity contribution < 1.29 is 14.9 Å². The van der Waals surface area contributed by atoms with Crippen LogP contribution < -0.4 is 5.32 Å². The minimum absolute atomic E-state index is 0.507. The number of nitrogens with one attached hydrogen (secondary N) is 1. The second-order valence-electron chi connectivity index (χ2n) is 7.28. The highest BCUT2D eigenvalue weighted by atomic mass is 16.6. The molecule has 0 radical (unpaired) electrons. The second kappa shape index (κ2) is 7.49.